The van der Waals surface area contributed by atoms with Gasteiger partial charge in [0.2, 0.25) is 112 Å². The zero-order chi connectivity index (χ0) is 108. The minimum absolute atomic E-state index is 0.0295. The molecule has 0 aliphatic heterocycles. The molecule has 2 aromatic carbocycles. The Kier molecular flexibility index (Phi) is 53.3. The van der Waals surface area contributed by atoms with Crippen LogP contribution < -0.4 is 107 Å². The molecule has 0 radical (unpaired) electrons. The third-order valence-electron chi connectivity index (χ3n) is 21.2. The van der Waals surface area contributed by atoms with Crippen LogP contribution in [-0.4, -0.2) is 310 Å². The number of aliphatic carboxylic acids is 4. The van der Waals surface area contributed by atoms with Crippen molar-refractivity contribution in [2.24, 2.45) is 41.1 Å². The predicted octanol–water partition coefficient (Wildman–Crippen LogP) is -6.66. The number of aliphatic hydroxyl groups excluding tert-OH is 2. The van der Waals surface area contributed by atoms with Crippen LogP contribution in [0.1, 0.15) is 186 Å². The molecule has 51 nitrogen and oxygen atoms in total. The van der Waals surface area contributed by atoms with Crippen LogP contribution in [-0.2, 0) is 123 Å². The number of amides is 19. The van der Waals surface area contributed by atoms with Gasteiger partial charge in [0.15, 0.2) is 0 Å². The molecule has 0 saturated heterocycles. The number of phenolic OH excluding ortho intramolecular Hbond substituents is 2. The van der Waals surface area contributed by atoms with Gasteiger partial charge in [-0.05, 0) is 145 Å². The summed E-state index contributed by atoms with van der Waals surface area (Å²) in [5, 5.41) is 123. The van der Waals surface area contributed by atoms with Gasteiger partial charge in [0.25, 0.3) is 0 Å². The number of aromatic hydroxyl groups is 2. The molecule has 19 amide bonds. The lowest BCUT2D eigenvalue weighted by Crippen LogP contribution is -2.62. The predicted molar refractivity (Wildman–Crippen MR) is 507 cm³/mol. The molecule has 2 aromatic rings. The van der Waals surface area contributed by atoms with Gasteiger partial charge in [0.1, 0.15) is 120 Å². The van der Waals surface area contributed by atoms with Crippen LogP contribution in [0.4, 0.5) is 0 Å². The van der Waals surface area contributed by atoms with Crippen molar-refractivity contribution >= 4 is 149 Å². The van der Waals surface area contributed by atoms with Gasteiger partial charge in [-0.2, -0.15) is 12.6 Å². The minimum Gasteiger partial charge on any atom is -0.508 e. The fraction of sp³-hybridized carbons (Fsp3) is 0.611. The zero-order valence-electron chi connectivity index (χ0n) is 82.0. The lowest BCUT2D eigenvalue weighted by atomic mass is 9.98. The van der Waals surface area contributed by atoms with Crippen molar-refractivity contribution in [3.63, 3.8) is 0 Å². The largest absolute Gasteiger partial charge is 0.508 e. The maximum atomic E-state index is 14.8. The van der Waals surface area contributed by atoms with E-state index in [1.165, 1.54) is 69.3 Å². The maximum absolute atomic E-state index is 14.8. The molecule has 142 heavy (non-hydrogen) atoms. The number of nitrogens with one attached hydrogen (secondary N) is 18. The van der Waals surface area contributed by atoms with Crippen molar-refractivity contribution in [2.45, 2.75) is 309 Å². The van der Waals surface area contributed by atoms with E-state index in [1.54, 1.807) is 69.2 Å². The Bertz CT molecular complexity index is 4740. The van der Waals surface area contributed by atoms with Crippen LogP contribution in [0, 0.1) is 29.6 Å². The number of primary amides is 1. The van der Waals surface area contributed by atoms with Crippen LogP contribution >= 0.6 is 12.6 Å². The van der Waals surface area contributed by atoms with Crippen molar-refractivity contribution in [1.29, 1.82) is 0 Å². The van der Waals surface area contributed by atoms with E-state index in [-0.39, 0.29) is 60.6 Å². The minimum atomic E-state index is -2.11. The Morgan fingerprint density at radius 1 is 0.289 bits per heavy atom. The summed E-state index contributed by atoms with van der Waals surface area (Å²) in [6.45, 7) is 22.3. The fourth-order valence-corrected chi connectivity index (χ4v) is 13.8. The number of rotatable bonds is 63. The summed E-state index contributed by atoms with van der Waals surface area (Å²) in [5.74, 6) is -29.8. The van der Waals surface area contributed by atoms with Crippen molar-refractivity contribution in [3.8, 4) is 11.5 Å². The highest BCUT2D eigenvalue weighted by Gasteiger charge is 2.41. The first-order valence-electron chi connectivity index (χ1n) is 45.9. The summed E-state index contributed by atoms with van der Waals surface area (Å²) in [5.41, 5.74) is 11.3. The topological polar surface area (TPSA) is 823 Å². The molecule has 0 saturated carbocycles. The van der Waals surface area contributed by atoms with Crippen molar-refractivity contribution in [2.75, 3.05) is 12.4 Å². The van der Waals surface area contributed by atoms with Gasteiger partial charge in [0, 0.05) is 25.0 Å². The second-order valence-electron chi connectivity index (χ2n) is 36.6. The van der Waals surface area contributed by atoms with Gasteiger partial charge in [0.05, 0.1) is 38.0 Å². The average Bonchev–Trinajstić information content (AvgIpc) is 0.841. The highest BCUT2D eigenvalue weighted by molar-refractivity contribution is 7.80. The standard InChI is InChI=1S/C90H140N20O31S/c1-39(2)27-56(78(128)94-47(14)74(124)101-63(35-69(118)119)80(130)95-45(12)73(123)100-57(28-40(3)4)79(129)97-48(15)90(140)141)99-72(122)46(13)96-81(131)64(36-70(120)121)106-87(137)65(37-111)108-86(136)61(32-50-17-21-52(113)22-18-50)105-84(134)60(31-43(9)10)103-82(132)58(29-41(5)6)102-83(133)59(30-42(7)8)104-85(135)62(33-51-19-23-53(114)24-20-51)107-89(139)71(49(16)112)110-77(127)55(25-26-68(116)117)98-88(138)66(38-142)109-75(125)44(11)93-76(126)54(91)34-67(92)115/h17-24,39-49,54-66,71,111-114,142H,25-38,91H2,1-16H3,(H2,92,115)(H,93,126)(H,94,128)(H,95,130)(H,96,131)(H,97,129)(H,98,138)(H,99,122)(H,100,123)(H,101,124)(H,102,133)(H,103,132)(H,104,135)(H,105,134)(H,106,137)(H,107,139)(H,108,136)(H,109,125)(H,110,127)(H,116,117)(H,118,119)(H,120,121)(H,140,141)/t44-,45-,46-,47-,48-,49+,54-,55-,56-,57-,58-,59-,60-,61-,62-,63-,64-,65-,66-,71-/m0/s1. The van der Waals surface area contributed by atoms with Gasteiger partial charge >= 0.3 is 23.9 Å². The van der Waals surface area contributed by atoms with Crippen LogP contribution in [0.3, 0.4) is 0 Å². The van der Waals surface area contributed by atoms with Gasteiger partial charge in [-0.15, -0.1) is 0 Å². The third-order valence-corrected chi connectivity index (χ3v) is 21.6. The van der Waals surface area contributed by atoms with Gasteiger partial charge in [-0.1, -0.05) is 93.5 Å². The van der Waals surface area contributed by atoms with E-state index in [9.17, 15) is 151 Å². The number of benzene rings is 2. The molecule has 0 aromatic heterocycles. The molecule has 0 aliphatic carbocycles. The summed E-state index contributed by atoms with van der Waals surface area (Å²) in [6.07, 6.45) is -7.61. The lowest BCUT2D eigenvalue weighted by Gasteiger charge is -2.30. The fourth-order valence-electron chi connectivity index (χ4n) is 13.6. The summed E-state index contributed by atoms with van der Waals surface area (Å²) >= 11 is 4.11. The van der Waals surface area contributed by atoms with Crippen LogP contribution in [0.2, 0.25) is 0 Å². The highest BCUT2D eigenvalue weighted by Crippen LogP contribution is 2.19. The molecule has 0 aliphatic rings. The molecule has 0 heterocycles. The van der Waals surface area contributed by atoms with Crippen LogP contribution in [0.5, 0.6) is 11.5 Å². The molecule has 52 heteroatoms. The number of carboxylic acids is 4. The highest BCUT2D eigenvalue weighted by atomic mass is 32.1. The average molecular weight is 2030 g/mol. The van der Waals surface area contributed by atoms with Crippen LogP contribution in [0.15, 0.2) is 48.5 Å². The first-order chi connectivity index (χ1) is 66.1. The Morgan fingerprint density at radius 3 is 0.838 bits per heavy atom. The van der Waals surface area contributed by atoms with Gasteiger partial charge in [-0.3, -0.25) is 110 Å². The second kappa shape index (κ2) is 60.9. The molecule has 20 atom stereocenters. The van der Waals surface area contributed by atoms with Crippen molar-refractivity contribution < 1.29 is 151 Å². The summed E-state index contributed by atoms with van der Waals surface area (Å²) in [4.78, 5) is 310. The number of hydrogen-bond acceptors (Lipinski definition) is 29. The number of carbonyl (C=O) groups is 23. The molecule has 0 fully saturated rings. The number of phenols is 2. The maximum Gasteiger partial charge on any atom is 0.325 e. The second-order valence-corrected chi connectivity index (χ2v) is 37.0. The smallest absolute Gasteiger partial charge is 0.325 e. The van der Waals surface area contributed by atoms with Gasteiger partial charge < -0.3 is 148 Å². The molecule has 792 valence electrons. The van der Waals surface area contributed by atoms with Gasteiger partial charge in [-0.25, -0.2) is 0 Å². The number of aliphatic hydroxyl groups is 2. The van der Waals surface area contributed by atoms with E-state index < -0.39 is 338 Å². The number of hydrogen-bond donors (Lipinski definition) is 29. The molecule has 0 spiro atoms. The first kappa shape index (κ1) is 124. The normalized spacial score (nSPS) is 15.5. The Morgan fingerprint density at radius 2 is 0.535 bits per heavy atom. The van der Waals surface area contributed by atoms with Crippen molar-refractivity contribution in [3.05, 3.63) is 59.7 Å². The van der Waals surface area contributed by atoms with Crippen molar-refractivity contribution in [1.82, 2.24) is 95.7 Å². The Hall–Kier alpha value is -13.9. The summed E-state index contributed by atoms with van der Waals surface area (Å²) in [6, 6.07) is -21.0. The molecule has 0 bridgehead atoms. The van der Waals surface area contributed by atoms with Crippen LogP contribution in [0.25, 0.3) is 0 Å². The Balaban J connectivity index is 2.50. The molecular weight excluding hydrogens is 1890 g/mol. The molecule has 30 N–H and O–H groups in total. The molecule has 2 rings (SSSR count). The lowest BCUT2D eigenvalue weighted by molar-refractivity contribution is -0.142. The monoisotopic (exact) mass is 2030 g/mol. The zero-order valence-corrected chi connectivity index (χ0v) is 82.9. The molecular formula is C90H140N20O31S. The Labute approximate surface area is 825 Å². The number of carboxylic acid groups (broad SMARTS) is 4. The molecule has 0 unspecified atom stereocenters. The number of carbonyl (C=O) groups excluding carboxylic acids is 19. The van der Waals surface area contributed by atoms with E-state index in [4.69, 9.17) is 11.5 Å². The van der Waals surface area contributed by atoms with E-state index in [1.807, 2.05) is 0 Å². The first-order valence-corrected chi connectivity index (χ1v) is 46.5. The van der Waals surface area contributed by atoms with E-state index in [0.717, 1.165) is 20.8 Å². The quantitative estimate of drug-likeness (QED) is 0.0274. The van der Waals surface area contributed by atoms with E-state index in [0.29, 0.717) is 0 Å². The summed E-state index contributed by atoms with van der Waals surface area (Å²) in [7, 11) is 0. The third kappa shape index (κ3) is 46.0. The SMILES string of the molecule is CC(C)C[C@H](NC(=O)[C@H](C)NC(=O)[C@H](CC(=O)O)NC(=O)[C@H](C)NC(=O)[C@H](CC(C)C)NC(=O)[C@H](C)NC(=O)[C@H](CC(=O)O)NC(=O)[C@H](CO)NC(=O)[C@H](Cc1ccc(O)cc1)NC(=O)[C@H](CC(C)C)NC(=O)[C@H](CC(C)C)NC(=O)[C@H](CC(C)C)NC(=O)[C@H](Cc1ccc(O)cc1)NC(=O)[C@@H](NC(=O)[C@H](CCC(=O)O)NC(=O)[C@H](CS)NC(=O)[C@H](C)NC(=O)[C@@H](N)CC(N)=O)[C@@H](C)O)C(=O)N[C@@H](C)C(=O)O. The van der Waals surface area contributed by atoms with E-state index in [2.05, 4.69) is 108 Å². The van der Waals surface area contributed by atoms with E-state index >= 15 is 0 Å². The summed E-state index contributed by atoms with van der Waals surface area (Å²) < 4.78 is 0. The number of nitrogens with two attached hydrogens (primary N) is 2. The number of thiol groups is 1.